The van der Waals surface area contributed by atoms with Gasteiger partial charge in [0, 0.05) is 24.9 Å². The maximum absolute atomic E-state index is 12.9. The van der Waals surface area contributed by atoms with E-state index in [1.807, 2.05) is 36.1 Å². The Morgan fingerprint density at radius 3 is 2.96 bits per heavy atom. The molecule has 1 aliphatic heterocycles. The number of carbonyl (C=O) groups is 1. The summed E-state index contributed by atoms with van der Waals surface area (Å²) < 4.78 is 5.63. The molecule has 7 nitrogen and oxygen atoms in total. The van der Waals surface area contributed by atoms with E-state index in [2.05, 4.69) is 20.6 Å². The van der Waals surface area contributed by atoms with Crippen LogP contribution < -0.4 is 0 Å². The van der Waals surface area contributed by atoms with Crippen molar-refractivity contribution in [3.63, 3.8) is 0 Å². The Kier molecular flexibility index (Phi) is 3.76. The van der Waals surface area contributed by atoms with E-state index in [4.69, 9.17) is 4.42 Å². The van der Waals surface area contributed by atoms with Crippen LogP contribution in [0.1, 0.15) is 34.8 Å². The highest BCUT2D eigenvalue weighted by atomic mass is 16.3. The van der Waals surface area contributed by atoms with Gasteiger partial charge in [-0.2, -0.15) is 5.21 Å². The standard InChI is InChI=1S/C17H19N5O2/c1-11-9-14-13(3-2-4-15(14)24-11)17(23)22-7-5-12(6-8-22)10-16-18-20-21-19-16/h2-4,9,12H,5-8,10H2,1H3,(H,18,19,20,21). The maximum Gasteiger partial charge on any atom is 0.254 e. The van der Waals surface area contributed by atoms with Crippen molar-refractivity contribution in [3.05, 3.63) is 41.4 Å². The molecule has 0 bridgehead atoms. The third kappa shape index (κ3) is 2.77. The highest BCUT2D eigenvalue weighted by molar-refractivity contribution is 6.06. The molecule has 3 aromatic rings. The van der Waals surface area contributed by atoms with E-state index in [0.717, 1.165) is 60.5 Å². The summed E-state index contributed by atoms with van der Waals surface area (Å²) in [5.41, 5.74) is 1.49. The van der Waals surface area contributed by atoms with Gasteiger partial charge in [0.25, 0.3) is 5.91 Å². The zero-order chi connectivity index (χ0) is 16.5. The van der Waals surface area contributed by atoms with Gasteiger partial charge >= 0.3 is 0 Å². The van der Waals surface area contributed by atoms with Gasteiger partial charge in [-0.05, 0) is 43.9 Å². The minimum atomic E-state index is 0.0828. The van der Waals surface area contributed by atoms with E-state index >= 15 is 0 Å². The molecule has 0 atom stereocenters. The topological polar surface area (TPSA) is 87.9 Å². The maximum atomic E-state index is 12.9. The van der Waals surface area contributed by atoms with Crippen molar-refractivity contribution in [1.29, 1.82) is 0 Å². The molecule has 0 spiro atoms. The van der Waals surface area contributed by atoms with E-state index in [9.17, 15) is 4.79 Å². The van der Waals surface area contributed by atoms with Crippen LogP contribution in [0.5, 0.6) is 0 Å². The number of tetrazole rings is 1. The van der Waals surface area contributed by atoms with E-state index in [-0.39, 0.29) is 5.91 Å². The summed E-state index contributed by atoms with van der Waals surface area (Å²) >= 11 is 0. The number of nitrogens with one attached hydrogen (secondary N) is 1. The molecule has 1 fully saturated rings. The Labute approximate surface area is 139 Å². The lowest BCUT2D eigenvalue weighted by molar-refractivity contribution is 0.0692. The van der Waals surface area contributed by atoms with Gasteiger partial charge < -0.3 is 9.32 Å². The Bertz CT molecular complexity index is 847. The lowest BCUT2D eigenvalue weighted by Gasteiger charge is -2.31. The monoisotopic (exact) mass is 325 g/mol. The Morgan fingerprint density at radius 2 is 2.21 bits per heavy atom. The third-order valence-corrected chi connectivity index (χ3v) is 4.68. The van der Waals surface area contributed by atoms with E-state index in [1.165, 1.54) is 0 Å². The fourth-order valence-corrected chi connectivity index (χ4v) is 3.41. The Hall–Kier alpha value is -2.70. The molecule has 0 saturated carbocycles. The number of amides is 1. The summed E-state index contributed by atoms with van der Waals surface area (Å²) in [6.07, 6.45) is 2.73. The fraction of sp³-hybridized carbons (Fsp3) is 0.412. The van der Waals surface area contributed by atoms with Gasteiger partial charge in [0.1, 0.15) is 11.3 Å². The van der Waals surface area contributed by atoms with Gasteiger partial charge in [-0.15, -0.1) is 10.2 Å². The number of aromatic nitrogens is 4. The number of nitrogens with zero attached hydrogens (tertiary/aromatic N) is 4. The van der Waals surface area contributed by atoms with Crippen molar-refractivity contribution in [3.8, 4) is 0 Å². The molecule has 3 heterocycles. The van der Waals surface area contributed by atoms with Gasteiger partial charge in [-0.3, -0.25) is 4.79 Å². The summed E-state index contributed by atoms with van der Waals surface area (Å²) in [4.78, 5) is 14.8. The second kappa shape index (κ2) is 6.07. The van der Waals surface area contributed by atoms with Crippen molar-refractivity contribution in [1.82, 2.24) is 25.5 Å². The molecular formula is C17H19N5O2. The minimum Gasteiger partial charge on any atom is -0.461 e. The molecule has 1 aliphatic rings. The average molecular weight is 325 g/mol. The first-order valence-electron chi connectivity index (χ1n) is 8.21. The van der Waals surface area contributed by atoms with E-state index < -0.39 is 0 Å². The molecule has 0 radical (unpaired) electrons. The lowest BCUT2D eigenvalue weighted by Crippen LogP contribution is -2.39. The van der Waals surface area contributed by atoms with Gasteiger partial charge in [-0.25, -0.2) is 0 Å². The molecule has 1 saturated heterocycles. The van der Waals surface area contributed by atoms with Crippen molar-refractivity contribution in [2.75, 3.05) is 13.1 Å². The van der Waals surface area contributed by atoms with Crippen LogP contribution in [0.2, 0.25) is 0 Å². The summed E-state index contributed by atoms with van der Waals surface area (Å²) in [6, 6.07) is 7.59. The van der Waals surface area contributed by atoms with Gasteiger partial charge in [0.2, 0.25) is 0 Å². The molecule has 2 aromatic heterocycles. The molecule has 24 heavy (non-hydrogen) atoms. The van der Waals surface area contributed by atoms with Crippen LogP contribution in [0.25, 0.3) is 11.0 Å². The van der Waals surface area contributed by atoms with Gasteiger partial charge in [-0.1, -0.05) is 11.3 Å². The first kappa shape index (κ1) is 14.9. The number of H-pyrrole nitrogens is 1. The molecule has 0 aliphatic carbocycles. The third-order valence-electron chi connectivity index (χ3n) is 4.68. The van der Waals surface area contributed by atoms with E-state index in [1.54, 1.807) is 0 Å². The number of hydrogen-bond acceptors (Lipinski definition) is 5. The first-order chi connectivity index (χ1) is 11.7. The number of carbonyl (C=O) groups excluding carboxylic acids is 1. The summed E-state index contributed by atoms with van der Waals surface area (Å²) in [5.74, 6) is 2.15. The van der Waals surface area contributed by atoms with Crippen LogP contribution in [-0.4, -0.2) is 44.5 Å². The fourth-order valence-electron chi connectivity index (χ4n) is 3.41. The molecule has 0 unspecified atom stereocenters. The van der Waals surface area contributed by atoms with Crippen molar-refractivity contribution >= 4 is 16.9 Å². The number of hydrogen-bond donors (Lipinski definition) is 1. The van der Waals surface area contributed by atoms with Gasteiger partial charge in [0.15, 0.2) is 5.82 Å². The molecular weight excluding hydrogens is 306 g/mol. The number of aryl methyl sites for hydroxylation is 1. The molecule has 1 amide bonds. The zero-order valence-corrected chi connectivity index (χ0v) is 13.5. The smallest absolute Gasteiger partial charge is 0.254 e. The number of fused-ring (bicyclic) bond motifs is 1. The number of aromatic amines is 1. The number of furan rings is 1. The first-order valence-corrected chi connectivity index (χ1v) is 8.21. The molecule has 4 rings (SSSR count). The quantitative estimate of drug-likeness (QED) is 0.798. The van der Waals surface area contributed by atoms with Crippen LogP contribution in [0, 0.1) is 12.8 Å². The summed E-state index contributed by atoms with van der Waals surface area (Å²) in [6.45, 7) is 3.42. The molecule has 1 aromatic carbocycles. The zero-order valence-electron chi connectivity index (χ0n) is 13.5. The largest absolute Gasteiger partial charge is 0.461 e. The predicted molar refractivity (Wildman–Crippen MR) is 87.5 cm³/mol. The van der Waals surface area contributed by atoms with Crippen molar-refractivity contribution in [2.45, 2.75) is 26.2 Å². The van der Waals surface area contributed by atoms with Crippen molar-refractivity contribution in [2.24, 2.45) is 5.92 Å². The predicted octanol–water partition coefficient (Wildman–Crippen LogP) is 2.35. The number of likely N-dealkylation sites (tertiary alicyclic amines) is 1. The Balaban J connectivity index is 1.46. The number of rotatable bonds is 3. The Morgan fingerprint density at radius 1 is 1.38 bits per heavy atom. The SMILES string of the molecule is Cc1cc2c(C(=O)N3CCC(Cc4nn[nH]n4)CC3)cccc2o1. The molecule has 1 N–H and O–H groups in total. The van der Waals surface area contributed by atoms with Crippen LogP contribution >= 0.6 is 0 Å². The second-order valence-corrected chi connectivity index (χ2v) is 6.34. The molecule has 7 heteroatoms. The van der Waals surface area contributed by atoms with E-state index in [0.29, 0.717) is 5.92 Å². The summed E-state index contributed by atoms with van der Waals surface area (Å²) in [5, 5.41) is 15.0. The number of piperidine rings is 1. The molecule has 124 valence electrons. The van der Waals surface area contributed by atoms with Crippen LogP contribution in [-0.2, 0) is 6.42 Å². The average Bonchev–Trinajstić information content (AvgIpc) is 3.23. The van der Waals surface area contributed by atoms with Gasteiger partial charge in [0.05, 0.1) is 5.56 Å². The van der Waals surface area contributed by atoms with Crippen LogP contribution in [0.15, 0.2) is 28.7 Å². The van der Waals surface area contributed by atoms with Crippen molar-refractivity contribution < 1.29 is 9.21 Å². The van der Waals surface area contributed by atoms with Crippen LogP contribution in [0.4, 0.5) is 0 Å². The summed E-state index contributed by atoms with van der Waals surface area (Å²) in [7, 11) is 0. The van der Waals surface area contributed by atoms with Crippen LogP contribution in [0.3, 0.4) is 0 Å². The highest BCUT2D eigenvalue weighted by Gasteiger charge is 2.26. The highest BCUT2D eigenvalue weighted by Crippen LogP contribution is 2.26. The number of benzene rings is 1. The normalized spacial score (nSPS) is 16.0. The minimum absolute atomic E-state index is 0.0828. The second-order valence-electron chi connectivity index (χ2n) is 6.34. The lowest BCUT2D eigenvalue weighted by atomic mass is 9.93.